The van der Waals surface area contributed by atoms with Gasteiger partial charge in [0.05, 0.1) is 6.61 Å². The number of hydrogen-bond donors (Lipinski definition) is 5. The third-order valence-corrected chi connectivity index (χ3v) is 5.45. The average Bonchev–Trinajstić information content (AvgIpc) is 2.71. The summed E-state index contributed by atoms with van der Waals surface area (Å²) in [4.78, 5) is 0. The first-order valence-corrected chi connectivity index (χ1v) is 9.40. The fourth-order valence-electron chi connectivity index (χ4n) is 3.70. The van der Waals surface area contributed by atoms with E-state index in [0.29, 0.717) is 22.3 Å². The van der Waals surface area contributed by atoms with Gasteiger partial charge in [-0.2, -0.15) is 0 Å². The lowest BCUT2D eigenvalue weighted by Gasteiger charge is -2.42. The fourth-order valence-corrected chi connectivity index (χ4v) is 3.70. The molecule has 0 spiro atoms. The molecule has 1 aliphatic rings. The lowest BCUT2D eigenvalue weighted by atomic mass is 9.87. The molecule has 3 rings (SSSR count). The van der Waals surface area contributed by atoms with Crippen LogP contribution < -0.4 is 0 Å². The molecule has 30 heavy (non-hydrogen) atoms. The van der Waals surface area contributed by atoms with Gasteiger partial charge in [0.2, 0.25) is 0 Å². The van der Waals surface area contributed by atoms with Gasteiger partial charge in [-0.15, -0.1) is 0 Å². The Morgan fingerprint density at radius 1 is 1.03 bits per heavy atom. The van der Waals surface area contributed by atoms with E-state index in [-0.39, 0.29) is 5.56 Å². The number of aliphatic hydroxyl groups is 5. The van der Waals surface area contributed by atoms with Crippen molar-refractivity contribution < 1.29 is 39.1 Å². The minimum Gasteiger partial charge on any atom is -0.394 e. The summed E-state index contributed by atoms with van der Waals surface area (Å²) in [5, 5.41) is 50.1. The highest BCUT2D eigenvalue weighted by Crippen LogP contribution is 2.34. The van der Waals surface area contributed by atoms with Crippen LogP contribution in [0.15, 0.2) is 36.9 Å². The molecule has 1 saturated heterocycles. The van der Waals surface area contributed by atoms with E-state index in [0.717, 1.165) is 6.08 Å². The Morgan fingerprint density at radius 2 is 1.67 bits per heavy atom. The van der Waals surface area contributed by atoms with Crippen molar-refractivity contribution in [2.45, 2.75) is 43.5 Å². The van der Waals surface area contributed by atoms with Crippen LogP contribution in [0.2, 0.25) is 0 Å². The number of aryl methyl sites for hydroxylation is 1. The summed E-state index contributed by atoms with van der Waals surface area (Å²) in [7, 11) is 0. The third-order valence-electron chi connectivity index (χ3n) is 5.45. The van der Waals surface area contributed by atoms with Crippen LogP contribution in [-0.4, -0.2) is 62.7 Å². The van der Waals surface area contributed by atoms with Crippen LogP contribution in [0, 0.1) is 18.6 Å². The monoisotopic (exact) mass is 422 g/mol. The highest BCUT2D eigenvalue weighted by molar-refractivity contribution is 5.67. The maximum atomic E-state index is 14.1. The summed E-state index contributed by atoms with van der Waals surface area (Å²) in [6.07, 6.45) is -7.46. The highest BCUT2D eigenvalue weighted by atomic mass is 19.1. The third kappa shape index (κ3) is 4.02. The highest BCUT2D eigenvalue weighted by Gasteiger charge is 2.46. The molecular weight excluding hydrogens is 398 g/mol. The molecule has 0 amide bonds. The molecule has 6 atom stereocenters. The van der Waals surface area contributed by atoms with E-state index in [2.05, 4.69) is 6.58 Å². The Labute approximate surface area is 172 Å². The van der Waals surface area contributed by atoms with Gasteiger partial charge in [0.15, 0.2) is 0 Å². The molecule has 8 heteroatoms. The van der Waals surface area contributed by atoms with Crippen molar-refractivity contribution in [3.63, 3.8) is 0 Å². The zero-order chi connectivity index (χ0) is 22.2. The number of rotatable bonds is 5. The normalized spacial score (nSPS) is 27.7. The number of hydrogen-bond acceptors (Lipinski definition) is 6. The predicted molar refractivity (Wildman–Crippen MR) is 105 cm³/mol. The Morgan fingerprint density at radius 3 is 2.20 bits per heavy atom. The summed E-state index contributed by atoms with van der Waals surface area (Å²) in [6.45, 7) is 4.44. The van der Waals surface area contributed by atoms with Gasteiger partial charge in [-0.3, -0.25) is 0 Å². The van der Waals surface area contributed by atoms with Crippen LogP contribution in [0.5, 0.6) is 0 Å². The van der Waals surface area contributed by atoms with Crippen molar-refractivity contribution in [3.05, 3.63) is 65.2 Å². The Balaban J connectivity index is 1.91. The molecule has 6 nitrogen and oxygen atoms in total. The molecule has 0 saturated carbocycles. The first-order valence-electron chi connectivity index (χ1n) is 9.40. The molecule has 1 heterocycles. The van der Waals surface area contributed by atoms with Crippen molar-refractivity contribution in [1.29, 1.82) is 0 Å². The lowest BCUT2D eigenvalue weighted by Crippen LogP contribution is -2.59. The van der Waals surface area contributed by atoms with Gasteiger partial charge >= 0.3 is 0 Å². The van der Waals surface area contributed by atoms with Gasteiger partial charge in [0.1, 0.15) is 48.3 Å². The molecule has 0 bridgehead atoms. The molecule has 0 radical (unpaired) electrons. The van der Waals surface area contributed by atoms with E-state index in [4.69, 9.17) is 4.74 Å². The van der Waals surface area contributed by atoms with E-state index in [1.165, 1.54) is 18.2 Å². The molecule has 1 fully saturated rings. The summed E-state index contributed by atoms with van der Waals surface area (Å²) >= 11 is 0. The molecule has 0 aromatic heterocycles. The van der Waals surface area contributed by atoms with Crippen molar-refractivity contribution in [2.75, 3.05) is 6.61 Å². The minimum absolute atomic E-state index is 0.217. The number of aliphatic hydroxyl groups excluding tert-OH is 5. The molecular formula is C22H24F2O6. The molecule has 2 aromatic carbocycles. The Bertz CT molecular complexity index is 909. The van der Waals surface area contributed by atoms with Gasteiger partial charge in [0, 0.05) is 5.56 Å². The summed E-state index contributed by atoms with van der Waals surface area (Å²) in [5.74, 6) is -1.49. The van der Waals surface area contributed by atoms with E-state index >= 15 is 0 Å². The maximum Gasteiger partial charge on any atom is 0.133 e. The Hall–Kier alpha value is -2.20. The molecule has 162 valence electrons. The molecule has 2 aromatic rings. The van der Waals surface area contributed by atoms with Crippen LogP contribution in [0.25, 0.3) is 17.2 Å². The van der Waals surface area contributed by atoms with Crippen LogP contribution in [0.4, 0.5) is 8.78 Å². The second-order valence-corrected chi connectivity index (χ2v) is 7.37. The van der Waals surface area contributed by atoms with Crippen LogP contribution in [0.3, 0.4) is 0 Å². The van der Waals surface area contributed by atoms with Gasteiger partial charge in [-0.1, -0.05) is 30.9 Å². The van der Waals surface area contributed by atoms with Crippen molar-refractivity contribution in [2.24, 2.45) is 0 Å². The molecule has 5 N–H and O–H groups in total. The Kier molecular flexibility index (Phi) is 6.66. The maximum absolute atomic E-state index is 14.1. The first-order chi connectivity index (χ1) is 14.2. The standard InChI is InChI=1S/C22H24F2O6/c1-3-13-15(23)7-12(8-16(13)24)11-4-5-14(10(2)6-11)18(26)22-21(29)20(28)19(27)17(9-25)30-22/h3-8,17-22,25-29H,1,9H2,2H3/t17?,18-,19-,20+,21?,22-/m1/s1. The van der Waals surface area contributed by atoms with Gasteiger partial charge in [-0.05, 0) is 41.3 Å². The number of ether oxygens (including phenoxy) is 1. The average molecular weight is 422 g/mol. The van der Waals surface area contributed by atoms with E-state index < -0.39 is 54.9 Å². The van der Waals surface area contributed by atoms with Gasteiger partial charge in [-0.25, -0.2) is 8.78 Å². The lowest BCUT2D eigenvalue weighted by molar-refractivity contribution is -0.250. The topological polar surface area (TPSA) is 110 Å². The van der Waals surface area contributed by atoms with Crippen LogP contribution >= 0.6 is 0 Å². The van der Waals surface area contributed by atoms with Crippen molar-refractivity contribution >= 4 is 6.08 Å². The molecule has 2 unspecified atom stereocenters. The summed E-state index contributed by atoms with van der Waals surface area (Å²) in [5.41, 5.74) is 1.49. The zero-order valence-electron chi connectivity index (χ0n) is 16.2. The van der Waals surface area contributed by atoms with E-state index in [9.17, 15) is 34.3 Å². The summed E-state index contributed by atoms with van der Waals surface area (Å²) < 4.78 is 33.5. The largest absolute Gasteiger partial charge is 0.394 e. The second kappa shape index (κ2) is 8.89. The zero-order valence-corrected chi connectivity index (χ0v) is 16.2. The van der Waals surface area contributed by atoms with Crippen molar-refractivity contribution in [3.8, 4) is 11.1 Å². The van der Waals surface area contributed by atoms with Crippen molar-refractivity contribution in [1.82, 2.24) is 0 Å². The predicted octanol–water partition coefficient (Wildman–Crippen LogP) is 1.46. The smallest absolute Gasteiger partial charge is 0.133 e. The fraction of sp³-hybridized carbons (Fsp3) is 0.364. The van der Waals surface area contributed by atoms with E-state index in [1.807, 2.05) is 0 Å². The quantitative estimate of drug-likeness (QED) is 0.499. The van der Waals surface area contributed by atoms with Gasteiger partial charge in [0.25, 0.3) is 0 Å². The van der Waals surface area contributed by atoms with Gasteiger partial charge < -0.3 is 30.3 Å². The van der Waals surface area contributed by atoms with Crippen LogP contribution in [-0.2, 0) is 4.74 Å². The SMILES string of the molecule is C=Cc1c(F)cc(-c2ccc([C@@H](O)[C@H]3OC(CO)[C@@H](O)[C@H](O)C3O)c(C)c2)cc1F. The molecule has 0 aliphatic carbocycles. The minimum atomic E-state index is -1.61. The molecule has 1 aliphatic heterocycles. The summed E-state index contributed by atoms with van der Waals surface area (Å²) in [6, 6.07) is 7.06. The van der Waals surface area contributed by atoms with Crippen LogP contribution in [0.1, 0.15) is 22.8 Å². The van der Waals surface area contributed by atoms with E-state index in [1.54, 1.807) is 19.1 Å². The number of halogens is 2. The first kappa shape index (κ1) is 22.5. The number of benzene rings is 2. The second-order valence-electron chi connectivity index (χ2n) is 7.37.